The first-order valence-electron chi connectivity index (χ1n) is 7.45. The number of nitrogens with one attached hydrogen (secondary N) is 1. The molecule has 0 aromatic heterocycles. The minimum Gasteiger partial charge on any atom is -0.482 e. The van der Waals surface area contributed by atoms with E-state index in [-0.39, 0.29) is 36.7 Å². The van der Waals surface area contributed by atoms with Crippen molar-refractivity contribution in [2.75, 3.05) is 11.9 Å². The maximum Gasteiger partial charge on any atom is 0.262 e. The third-order valence-corrected chi connectivity index (χ3v) is 4.75. The van der Waals surface area contributed by atoms with Crippen molar-refractivity contribution in [3.8, 4) is 5.75 Å². The van der Waals surface area contributed by atoms with E-state index >= 15 is 0 Å². The second-order valence-electron chi connectivity index (χ2n) is 6.10. The van der Waals surface area contributed by atoms with Crippen LogP contribution in [0, 0.1) is 11.8 Å². The molecular weight excluding hydrogens is 268 g/mol. The predicted molar refractivity (Wildman–Crippen MR) is 80.2 cm³/mol. The van der Waals surface area contributed by atoms with Crippen molar-refractivity contribution in [3.05, 3.63) is 23.8 Å². The third kappa shape index (κ3) is 2.51. The second kappa shape index (κ2) is 5.31. The molecule has 1 aromatic rings. The van der Waals surface area contributed by atoms with Gasteiger partial charge in [0.15, 0.2) is 6.61 Å². The largest absolute Gasteiger partial charge is 0.482 e. The van der Waals surface area contributed by atoms with Crippen molar-refractivity contribution >= 4 is 11.6 Å². The molecule has 5 heteroatoms. The fourth-order valence-corrected chi connectivity index (χ4v) is 3.44. The minimum absolute atomic E-state index is 0.0699. The summed E-state index contributed by atoms with van der Waals surface area (Å²) in [6.45, 7) is 6.42. The summed E-state index contributed by atoms with van der Waals surface area (Å²) in [5.74, 6) is 1.23. The molecule has 0 spiro atoms. The molecule has 0 radical (unpaired) electrons. The number of fused-ring (bicyclic) bond motifs is 1. The van der Waals surface area contributed by atoms with Gasteiger partial charge in [-0.3, -0.25) is 4.79 Å². The van der Waals surface area contributed by atoms with Crippen molar-refractivity contribution in [2.24, 2.45) is 17.6 Å². The summed E-state index contributed by atoms with van der Waals surface area (Å²) in [5.41, 5.74) is 8.18. The SMILES string of the molecule is CC1OC(C)C(C(N)c2ccc3c(c2)NC(=O)CO3)C1C. The molecule has 0 saturated carbocycles. The van der Waals surface area contributed by atoms with Crippen molar-refractivity contribution in [3.63, 3.8) is 0 Å². The number of hydrogen-bond acceptors (Lipinski definition) is 4. The number of ether oxygens (including phenoxy) is 2. The number of carbonyl (C=O) groups is 1. The highest BCUT2D eigenvalue weighted by Crippen LogP contribution is 2.41. The van der Waals surface area contributed by atoms with Gasteiger partial charge in [0.05, 0.1) is 17.9 Å². The average molecular weight is 290 g/mol. The number of hydrogen-bond donors (Lipinski definition) is 2. The first-order chi connectivity index (χ1) is 9.97. The van der Waals surface area contributed by atoms with E-state index in [1.54, 1.807) is 0 Å². The summed E-state index contributed by atoms with van der Waals surface area (Å²) >= 11 is 0. The van der Waals surface area contributed by atoms with Gasteiger partial charge in [-0.05, 0) is 37.5 Å². The van der Waals surface area contributed by atoms with Gasteiger partial charge in [-0.15, -0.1) is 0 Å². The highest BCUT2D eigenvalue weighted by molar-refractivity contribution is 5.95. The van der Waals surface area contributed by atoms with Crippen LogP contribution in [0.4, 0.5) is 5.69 Å². The van der Waals surface area contributed by atoms with Crippen LogP contribution in [0.25, 0.3) is 0 Å². The Labute approximate surface area is 124 Å². The molecule has 0 bridgehead atoms. The van der Waals surface area contributed by atoms with E-state index in [1.807, 2.05) is 18.2 Å². The molecule has 0 aliphatic carbocycles. The van der Waals surface area contributed by atoms with E-state index in [2.05, 4.69) is 26.1 Å². The molecule has 2 aliphatic heterocycles. The quantitative estimate of drug-likeness (QED) is 0.874. The number of benzene rings is 1. The Morgan fingerprint density at radius 3 is 2.71 bits per heavy atom. The minimum atomic E-state index is -0.132. The van der Waals surface area contributed by atoms with Crippen molar-refractivity contribution < 1.29 is 14.3 Å². The van der Waals surface area contributed by atoms with Crippen LogP contribution in [0.15, 0.2) is 18.2 Å². The lowest BCUT2D eigenvalue weighted by Crippen LogP contribution is -2.31. The monoisotopic (exact) mass is 290 g/mol. The van der Waals surface area contributed by atoms with Gasteiger partial charge in [-0.25, -0.2) is 0 Å². The van der Waals surface area contributed by atoms with Crippen LogP contribution < -0.4 is 15.8 Å². The Kier molecular flexibility index (Phi) is 3.63. The Morgan fingerprint density at radius 1 is 1.29 bits per heavy atom. The van der Waals surface area contributed by atoms with Crippen LogP contribution in [-0.2, 0) is 9.53 Å². The van der Waals surface area contributed by atoms with Gasteiger partial charge >= 0.3 is 0 Å². The summed E-state index contributed by atoms with van der Waals surface area (Å²) in [6, 6.07) is 5.64. The van der Waals surface area contributed by atoms with Crippen LogP contribution in [0.3, 0.4) is 0 Å². The van der Waals surface area contributed by atoms with Gasteiger partial charge in [0.1, 0.15) is 5.75 Å². The van der Waals surface area contributed by atoms with E-state index in [1.165, 1.54) is 0 Å². The van der Waals surface area contributed by atoms with Gasteiger partial charge in [0, 0.05) is 12.0 Å². The van der Waals surface area contributed by atoms with Crippen LogP contribution in [0.5, 0.6) is 5.75 Å². The maximum atomic E-state index is 11.4. The van der Waals surface area contributed by atoms with Crippen molar-refractivity contribution in [1.82, 2.24) is 0 Å². The highest BCUT2D eigenvalue weighted by Gasteiger charge is 2.41. The predicted octanol–water partition coefficient (Wildman–Crippen LogP) is 2.08. The molecule has 1 saturated heterocycles. The van der Waals surface area contributed by atoms with Crippen LogP contribution in [0.2, 0.25) is 0 Å². The van der Waals surface area contributed by atoms with Gasteiger partial charge in [-0.2, -0.15) is 0 Å². The first-order valence-corrected chi connectivity index (χ1v) is 7.45. The summed E-state index contributed by atoms with van der Waals surface area (Å²) in [7, 11) is 0. The summed E-state index contributed by atoms with van der Waals surface area (Å²) in [6.07, 6.45) is 0.351. The number of amides is 1. The zero-order chi connectivity index (χ0) is 15.1. The van der Waals surface area contributed by atoms with Crippen molar-refractivity contribution in [2.45, 2.75) is 39.0 Å². The lowest BCUT2D eigenvalue weighted by Gasteiger charge is -2.27. The Bertz CT molecular complexity index is 560. The zero-order valence-corrected chi connectivity index (χ0v) is 12.6. The molecule has 1 amide bonds. The lowest BCUT2D eigenvalue weighted by molar-refractivity contribution is -0.118. The average Bonchev–Trinajstić information content (AvgIpc) is 2.70. The van der Waals surface area contributed by atoms with Crippen molar-refractivity contribution in [1.29, 1.82) is 0 Å². The van der Waals surface area contributed by atoms with Crippen LogP contribution in [-0.4, -0.2) is 24.7 Å². The van der Waals surface area contributed by atoms with Gasteiger partial charge in [0.2, 0.25) is 0 Å². The van der Waals surface area contributed by atoms with Gasteiger partial charge in [0.25, 0.3) is 5.91 Å². The standard InChI is InChI=1S/C16H22N2O3/c1-8-9(2)21-10(3)15(8)16(17)11-4-5-13-12(6-11)18-14(19)7-20-13/h4-6,8-10,15-16H,7,17H2,1-3H3,(H,18,19). The van der Waals surface area contributed by atoms with Crippen LogP contribution >= 0.6 is 0 Å². The molecule has 5 unspecified atom stereocenters. The summed E-state index contributed by atoms with van der Waals surface area (Å²) < 4.78 is 11.3. The normalized spacial score (nSPS) is 33.0. The van der Waals surface area contributed by atoms with E-state index in [9.17, 15) is 4.79 Å². The molecule has 1 fully saturated rings. The topological polar surface area (TPSA) is 73.6 Å². The summed E-state index contributed by atoms with van der Waals surface area (Å²) in [5, 5.41) is 2.83. The third-order valence-electron chi connectivity index (χ3n) is 4.75. The fourth-order valence-electron chi connectivity index (χ4n) is 3.44. The molecule has 114 valence electrons. The van der Waals surface area contributed by atoms with E-state index in [4.69, 9.17) is 15.2 Å². The first kappa shape index (κ1) is 14.4. The lowest BCUT2D eigenvalue weighted by atomic mass is 9.81. The Hall–Kier alpha value is -1.59. The Balaban J connectivity index is 1.87. The molecule has 2 aliphatic rings. The molecular formula is C16H22N2O3. The molecule has 3 N–H and O–H groups in total. The smallest absolute Gasteiger partial charge is 0.262 e. The maximum absolute atomic E-state index is 11.4. The fraction of sp³-hybridized carbons (Fsp3) is 0.562. The van der Waals surface area contributed by atoms with Gasteiger partial charge in [-0.1, -0.05) is 13.0 Å². The second-order valence-corrected chi connectivity index (χ2v) is 6.10. The molecule has 2 heterocycles. The molecule has 3 rings (SSSR count). The van der Waals surface area contributed by atoms with Crippen LogP contribution in [0.1, 0.15) is 32.4 Å². The Morgan fingerprint density at radius 2 is 2.05 bits per heavy atom. The molecule has 1 aromatic carbocycles. The number of anilines is 1. The zero-order valence-electron chi connectivity index (χ0n) is 12.6. The highest BCUT2D eigenvalue weighted by atomic mass is 16.5. The number of nitrogens with two attached hydrogens (primary N) is 1. The van der Waals surface area contributed by atoms with E-state index in [0.717, 1.165) is 5.56 Å². The van der Waals surface area contributed by atoms with E-state index in [0.29, 0.717) is 17.4 Å². The number of carbonyl (C=O) groups excluding carboxylic acids is 1. The van der Waals surface area contributed by atoms with Gasteiger partial charge < -0.3 is 20.5 Å². The van der Waals surface area contributed by atoms with E-state index < -0.39 is 0 Å². The number of rotatable bonds is 2. The molecule has 5 nitrogen and oxygen atoms in total. The summed E-state index contributed by atoms with van der Waals surface area (Å²) in [4.78, 5) is 11.4. The molecule has 5 atom stereocenters. The molecule has 21 heavy (non-hydrogen) atoms.